The van der Waals surface area contributed by atoms with E-state index in [9.17, 15) is 14.7 Å². The lowest BCUT2D eigenvalue weighted by molar-refractivity contribution is -0.252. The van der Waals surface area contributed by atoms with Crippen LogP contribution in [0.25, 0.3) is 11.0 Å². The van der Waals surface area contributed by atoms with Crippen LogP contribution >= 0.6 is 0 Å². The molecule has 0 spiro atoms. The van der Waals surface area contributed by atoms with Crippen LogP contribution in [0.3, 0.4) is 0 Å². The summed E-state index contributed by atoms with van der Waals surface area (Å²) in [5.74, 6) is -0.183. The number of ether oxygens (including phenoxy) is 2. The van der Waals surface area contributed by atoms with E-state index >= 15 is 0 Å². The van der Waals surface area contributed by atoms with E-state index in [1.54, 1.807) is 12.1 Å². The van der Waals surface area contributed by atoms with Gasteiger partial charge in [0.2, 0.25) is 11.8 Å². The summed E-state index contributed by atoms with van der Waals surface area (Å²) in [6.45, 7) is 0.582. The number of carbonyl (C=O) groups is 2. The molecule has 1 aliphatic rings. The van der Waals surface area contributed by atoms with E-state index in [1.807, 2.05) is 85.2 Å². The fourth-order valence-corrected chi connectivity index (χ4v) is 5.97. The predicted octanol–water partition coefficient (Wildman–Crippen LogP) is 6.88. The lowest BCUT2D eigenvalue weighted by Gasteiger charge is -2.36. The minimum Gasteiger partial charge on any atom is -0.397 e. The second-order valence-electron chi connectivity index (χ2n) is 12.1. The first-order valence-corrected chi connectivity index (χ1v) is 16.4. The molecule has 4 aromatic carbocycles. The Bertz CT molecular complexity index is 1840. The molecule has 248 valence electrons. The molecule has 1 aliphatic heterocycles. The summed E-state index contributed by atoms with van der Waals surface area (Å²) in [6.07, 6.45) is 4.23. The summed E-state index contributed by atoms with van der Waals surface area (Å²) in [7, 11) is 0. The number of nitrogens with zero attached hydrogens (tertiary/aromatic N) is 2. The highest BCUT2D eigenvalue weighted by Crippen LogP contribution is 2.39. The molecule has 1 saturated heterocycles. The number of nitrogens with one attached hydrogen (secondary N) is 2. The molecule has 0 saturated carbocycles. The molecule has 2 heterocycles. The third-order valence-electron chi connectivity index (χ3n) is 8.53. The molecule has 0 bridgehead atoms. The van der Waals surface area contributed by atoms with Gasteiger partial charge < -0.3 is 35.5 Å². The van der Waals surface area contributed by atoms with E-state index in [4.69, 9.17) is 15.2 Å². The van der Waals surface area contributed by atoms with Crippen molar-refractivity contribution < 1.29 is 24.2 Å². The van der Waals surface area contributed by atoms with Crippen molar-refractivity contribution in [2.45, 2.75) is 70.2 Å². The van der Waals surface area contributed by atoms with E-state index in [0.717, 1.165) is 34.1 Å². The van der Waals surface area contributed by atoms with E-state index in [2.05, 4.69) is 26.3 Å². The highest BCUT2D eigenvalue weighted by molar-refractivity contribution is 5.93. The number of nitrogens with two attached hydrogens (primary N) is 1. The fraction of sp³-hybridized carbons (Fsp3) is 0.289. The van der Waals surface area contributed by atoms with Gasteiger partial charge in [-0.15, -0.1) is 0 Å². The zero-order valence-corrected chi connectivity index (χ0v) is 26.8. The van der Waals surface area contributed by atoms with Crippen LogP contribution < -0.4 is 16.4 Å². The van der Waals surface area contributed by atoms with Gasteiger partial charge in [-0.3, -0.25) is 9.59 Å². The molecule has 5 aromatic rings. The van der Waals surface area contributed by atoms with Crippen molar-refractivity contribution >= 4 is 39.9 Å². The third-order valence-corrected chi connectivity index (χ3v) is 8.53. The van der Waals surface area contributed by atoms with E-state index in [0.29, 0.717) is 55.7 Å². The van der Waals surface area contributed by atoms with Crippen LogP contribution in [0.15, 0.2) is 103 Å². The van der Waals surface area contributed by atoms with Crippen molar-refractivity contribution in [1.29, 1.82) is 0 Å². The summed E-state index contributed by atoms with van der Waals surface area (Å²) >= 11 is 0. The largest absolute Gasteiger partial charge is 0.397 e. The molecule has 5 N–H and O–H groups in total. The number of benzene rings is 4. The Morgan fingerprint density at radius 1 is 0.833 bits per heavy atom. The first-order chi connectivity index (χ1) is 23.4. The van der Waals surface area contributed by atoms with Crippen LogP contribution in [0.5, 0.6) is 0 Å². The fourth-order valence-electron chi connectivity index (χ4n) is 5.97. The van der Waals surface area contributed by atoms with Crippen molar-refractivity contribution in [2.24, 2.45) is 0 Å². The van der Waals surface area contributed by atoms with Crippen LogP contribution in [0.2, 0.25) is 0 Å². The highest BCUT2D eigenvalue weighted by atomic mass is 16.7. The Labute approximate surface area is 279 Å². The number of aliphatic hydroxyl groups excluding tert-OH is 1. The van der Waals surface area contributed by atoms with Gasteiger partial charge in [0.05, 0.1) is 54.1 Å². The molecular weight excluding hydrogens is 606 g/mol. The van der Waals surface area contributed by atoms with Crippen molar-refractivity contribution in [2.75, 3.05) is 16.4 Å². The zero-order valence-electron chi connectivity index (χ0n) is 26.8. The van der Waals surface area contributed by atoms with Crippen molar-refractivity contribution in [3.8, 4) is 0 Å². The van der Waals surface area contributed by atoms with Crippen LogP contribution in [-0.4, -0.2) is 32.6 Å². The molecule has 6 rings (SSSR count). The van der Waals surface area contributed by atoms with Crippen molar-refractivity contribution in [1.82, 2.24) is 9.55 Å². The molecule has 3 unspecified atom stereocenters. The molecule has 3 atom stereocenters. The number of amides is 2. The summed E-state index contributed by atoms with van der Waals surface area (Å²) in [6, 6.07) is 30.6. The normalized spacial score (nSPS) is 17.6. The Hall–Kier alpha value is -5.03. The number of hydrogen-bond acceptors (Lipinski definition) is 7. The van der Waals surface area contributed by atoms with Crippen LogP contribution in [0, 0.1) is 0 Å². The lowest BCUT2D eigenvalue weighted by atomic mass is 10.00. The van der Waals surface area contributed by atoms with Gasteiger partial charge >= 0.3 is 0 Å². The number of nitrogen functional groups attached to an aromatic ring is 1. The number of imidazole rings is 1. The number of carbonyl (C=O) groups excluding carboxylic acids is 2. The highest BCUT2D eigenvalue weighted by Gasteiger charge is 2.33. The maximum atomic E-state index is 12.8. The maximum Gasteiger partial charge on any atom is 0.224 e. The maximum absolute atomic E-state index is 12.8. The minimum atomic E-state index is -0.657. The topological polar surface area (TPSA) is 141 Å². The van der Waals surface area contributed by atoms with Crippen molar-refractivity contribution in [3.63, 3.8) is 0 Å². The second kappa shape index (κ2) is 15.7. The van der Waals surface area contributed by atoms with Gasteiger partial charge in [-0.25, -0.2) is 4.98 Å². The van der Waals surface area contributed by atoms with Gasteiger partial charge in [-0.05, 0) is 60.4 Å². The minimum absolute atomic E-state index is 0.0196. The third kappa shape index (κ3) is 8.46. The van der Waals surface area contributed by atoms with E-state index in [-0.39, 0.29) is 30.6 Å². The standard InChI is InChI=1S/C38H41N5O5/c39-31-11-4-5-12-32(31)42-37(46)16-3-1-2-15-36(45)41-29-10-8-9-28(21-29)38-47-30(23-43-25-40-33-13-6-7-14-34(33)43)22-35(48-38)27-19-17-26(24-44)18-20-27/h4-14,17-21,25,30,35,38,44H,1-3,15-16,22-24,39H2,(H,41,45)(H,42,46). The number of anilines is 3. The van der Waals surface area contributed by atoms with Gasteiger partial charge in [0, 0.05) is 30.5 Å². The first-order valence-electron chi connectivity index (χ1n) is 16.4. The van der Waals surface area contributed by atoms with Gasteiger partial charge in [-0.2, -0.15) is 0 Å². The molecule has 0 radical (unpaired) electrons. The number of rotatable bonds is 13. The quantitative estimate of drug-likeness (QED) is 0.0806. The summed E-state index contributed by atoms with van der Waals surface area (Å²) in [4.78, 5) is 29.6. The average Bonchev–Trinajstić information content (AvgIpc) is 3.51. The molecule has 1 fully saturated rings. The number of para-hydroxylation sites is 4. The van der Waals surface area contributed by atoms with Gasteiger partial charge in [0.25, 0.3) is 0 Å². The predicted molar refractivity (Wildman–Crippen MR) is 186 cm³/mol. The first kappa shape index (κ1) is 32.9. The van der Waals surface area contributed by atoms with Gasteiger partial charge in [0.1, 0.15) is 0 Å². The second-order valence-corrected chi connectivity index (χ2v) is 12.1. The number of aliphatic hydroxyl groups is 1. The molecule has 48 heavy (non-hydrogen) atoms. The molecular formula is C38H41N5O5. The number of aromatic nitrogens is 2. The van der Waals surface area contributed by atoms with Crippen LogP contribution in [0.4, 0.5) is 17.1 Å². The number of fused-ring (bicyclic) bond motifs is 1. The number of hydrogen-bond donors (Lipinski definition) is 4. The van der Waals surface area contributed by atoms with Crippen LogP contribution in [-0.2, 0) is 32.2 Å². The molecule has 0 aliphatic carbocycles. The van der Waals surface area contributed by atoms with Crippen LogP contribution in [0.1, 0.15) is 67.6 Å². The van der Waals surface area contributed by atoms with Gasteiger partial charge in [0.15, 0.2) is 6.29 Å². The molecule has 2 amide bonds. The Kier molecular flexibility index (Phi) is 10.8. The SMILES string of the molecule is Nc1ccccc1NC(=O)CCCCCC(=O)Nc1cccc(C2OC(Cn3cnc4ccccc43)CC(c3ccc(CO)cc3)O2)c1. The summed E-state index contributed by atoms with van der Waals surface area (Å²) < 4.78 is 15.2. The smallest absolute Gasteiger partial charge is 0.224 e. The Balaban J connectivity index is 1.06. The van der Waals surface area contributed by atoms with E-state index in [1.165, 1.54) is 0 Å². The Morgan fingerprint density at radius 3 is 2.38 bits per heavy atom. The molecule has 1 aromatic heterocycles. The summed E-state index contributed by atoms with van der Waals surface area (Å²) in [5.41, 5.74) is 12.3. The van der Waals surface area contributed by atoms with Crippen molar-refractivity contribution in [3.05, 3.63) is 120 Å². The van der Waals surface area contributed by atoms with E-state index < -0.39 is 6.29 Å². The zero-order chi connectivity index (χ0) is 33.3. The summed E-state index contributed by atoms with van der Waals surface area (Å²) in [5, 5.41) is 15.4. The number of unbranched alkanes of at least 4 members (excludes halogenated alkanes) is 2. The molecule has 10 heteroatoms. The molecule has 10 nitrogen and oxygen atoms in total. The van der Waals surface area contributed by atoms with Gasteiger partial charge in [-0.1, -0.05) is 67.1 Å². The monoisotopic (exact) mass is 647 g/mol. The average molecular weight is 648 g/mol. The lowest BCUT2D eigenvalue weighted by Crippen LogP contribution is -2.32. The Morgan fingerprint density at radius 2 is 1.58 bits per heavy atom.